The van der Waals surface area contributed by atoms with Gasteiger partial charge < -0.3 is 9.64 Å². The maximum atomic E-state index is 12.1. The first kappa shape index (κ1) is 11.5. The van der Waals surface area contributed by atoms with Gasteiger partial charge in [-0.2, -0.15) is 0 Å². The van der Waals surface area contributed by atoms with Gasteiger partial charge in [-0.1, -0.05) is 24.3 Å². The number of hydrogen-bond acceptors (Lipinski definition) is 3. The number of allylic oxidation sites excluding steroid dienone is 1. The highest BCUT2D eigenvalue weighted by molar-refractivity contribution is 5.89. The summed E-state index contributed by atoms with van der Waals surface area (Å²) in [5.74, 6) is -1.69. The number of ether oxygens (including phenoxy) is 1. The van der Waals surface area contributed by atoms with E-state index in [1.165, 1.54) is 18.2 Å². The maximum Gasteiger partial charge on any atom is 0.338 e. The summed E-state index contributed by atoms with van der Waals surface area (Å²) in [5, 5.41) is 0. The number of hydrogen-bond donors (Lipinski definition) is 0. The minimum Gasteiger partial charge on any atom is -0.462 e. The molecule has 0 aliphatic carbocycles. The van der Waals surface area contributed by atoms with Crippen LogP contribution in [0.15, 0.2) is 42.5 Å². The number of esters is 1. The van der Waals surface area contributed by atoms with Crippen LogP contribution < -0.4 is 0 Å². The highest BCUT2D eigenvalue weighted by atomic mass is 16.5. The first-order valence-electron chi connectivity index (χ1n) is 9.39. The van der Waals surface area contributed by atoms with Gasteiger partial charge in [0.15, 0.2) is 0 Å². The summed E-state index contributed by atoms with van der Waals surface area (Å²) >= 11 is 0. The molecule has 0 N–H and O–H groups in total. The van der Waals surface area contributed by atoms with E-state index in [-0.39, 0.29) is 11.5 Å². The topological polar surface area (TPSA) is 46.6 Å². The molecular formula is C18H23NO3. The van der Waals surface area contributed by atoms with E-state index in [0.29, 0.717) is 25.9 Å². The number of benzene rings is 1. The van der Waals surface area contributed by atoms with Crippen molar-refractivity contribution < 1.29 is 19.8 Å². The first-order valence-corrected chi connectivity index (χ1v) is 7.39. The summed E-state index contributed by atoms with van der Waals surface area (Å²) in [5.41, 5.74) is 0.166. The molecule has 1 aliphatic heterocycles. The van der Waals surface area contributed by atoms with Crippen molar-refractivity contribution >= 4 is 11.9 Å². The molecule has 0 aromatic heterocycles. The highest BCUT2D eigenvalue weighted by Crippen LogP contribution is 2.21. The lowest BCUT2D eigenvalue weighted by atomic mass is 9.94. The van der Waals surface area contributed by atoms with Crippen LogP contribution in [0.2, 0.25) is 0 Å². The molecule has 118 valence electrons. The molecule has 1 heterocycles. The molecule has 1 aliphatic rings. The minimum atomic E-state index is -2.78. The van der Waals surface area contributed by atoms with Crippen LogP contribution in [0.4, 0.5) is 0 Å². The van der Waals surface area contributed by atoms with E-state index in [2.05, 4.69) is 0 Å². The van der Waals surface area contributed by atoms with Crippen LogP contribution in [-0.4, -0.2) is 36.4 Å². The van der Waals surface area contributed by atoms with Crippen molar-refractivity contribution in [3.63, 3.8) is 0 Å². The number of nitrogens with zero attached hydrogens (tertiary/aromatic N) is 1. The molecule has 4 heteroatoms. The molecule has 0 bridgehead atoms. The van der Waals surface area contributed by atoms with Crippen molar-refractivity contribution in [2.24, 2.45) is 5.92 Å². The average molecular weight is 305 g/mol. The van der Waals surface area contributed by atoms with Crippen molar-refractivity contribution in [1.29, 1.82) is 0 Å². The van der Waals surface area contributed by atoms with E-state index in [4.69, 9.17) is 10.2 Å². The van der Waals surface area contributed by atoms with Gasteiger partial charge in [0.2, 0.25) is 5.91 Å². The average Bonchev–Trinajstić information content (AvgIpc) is 2.62. The Kier molecular flexibility index (Phi) is 4.36. The van der Waals surface area contributed by atoms with Crippen LogP contribution >= 0.6 is 0 Å². The molecule has 22 heavy (non-hydrogen) atoms. The molecule has 0 unspecified atom stereocenters. The Morgan fingerprint density at radius 2 is 2.00 bits per heavy atom. The standard InChI is InChI=1S/C18H23NO3/c1-2-6-17(20)19-12-9-15(10-13-19)11-14-22-18(21)16-7-4-3-5-8-16/h2-8,15H,9-14H2,1H3/b6-2+/i11D2,14D2. The van der Waals surface area contributed by atoms with Crippen molar-refractivity contribution in [1.82, 2.24) is 4.90 Å². The summed E-state index contributed by atoms with van der Waals surface area (Å²) in [6.07, 6.45) is 1.34. The molecule has 0 radical (unpaired) electrons. The summed E-state index contributed by atoms with van der Waals surface area (Å²) in [4.78, 5) is 25.6. The fourth-order valence-electron chi connectivity index (χ4n) is 2.28. The van der Waals surface area contributed by atoms with Crippen LogP contribution in [0.25, 0.3) is 0 Å². The van der Waals surface area contributed by atoms with Crippen LogP contribution in [0.5, 0.6) is 0 Å². The van der Waals surface area contributed by atoms with Gasteiger partial charge in [0.25, 0.3) is 0 Å². The van der Waals surface area contributed by atoms with Crippen LogP contribution in [0.1, 0.15) is 42.0 Å². The number of piperidine rings is 1. The molecule has 1 saturated heterocycles. The molecule has 0 saturated carbocycles. The van der Waals surface area contributed by atoms with E-state index in [0.717, 1.165) is 0 Å². The summed E-state index contributed by atoms with van der Waals surface area (Å²) in [6.45, 7) is -0.342. The quantitative estimate of drug-likeness (QED) is 0.620. The lowest BCUT2D eigenvalue weighted by molar-refractivity contribution is -0.127. The second-order valence-electron chi connectivity index (χ2n) is 5.10. The lowest BCUT2D eigenvalue weighted by Gasteiger charge is -2.31. The van der Waals surface area contributed by atoms with Crippen LogP contribution in [-0.2, 0) is 9.53 Å². The molecule has 4 nitrogen and oxygen atoms in total. The number of carbonyl (C=O) groups excluding carboxylic acids is 2. The van der Waals surface area contributed by atoms with Crippen LogP contribution in [0, 0.1) is 5.92 Å². The Bertz CT molecular complexity index is 668. The number of likely N-dealkylation sites (tertiary alicyclic amines) is 1. The third kappa shape index (κ3) is 4.72. The first-order chi connectivity index (χ1) is 12.2. The van der Waals surface area contributed by atoms with Gasteiger partial charge in [0.1, 0.15) is 0 Å². The van der Waals surface area contributed by atoms with E-state index in [1.54, 1.807) is 36.1 Å². The second-order valence-corrected chi connectivity index (χ2v) is 5.10. The Hall–Kier alpha value is -2.10. The second kappa shape index (κ2) is 8.37. The molecule has 1 aromatic rings. The Morgan fingerprint density at radius 1 is 1.32 bits per heavy atom. The molecule has 1 amide bonds. The Morgan fingerprint density at radius 3 is 2.64 bits per heavy atom. The van der Waals surface area contributed by atoms with Gasteiger partial charge in [-0.3, -0.25) is 4.79 Å². The number of carbonyl (C=O) groups is 2. The Labute approximate surface area is 137 Å². The molecule has 0 atom stereocenters. The van der Waals surface area contributed by atoms with Gasteiger partial charge in [-0.15, -0.1) is 0 Å². The van der Waals surface area contributed by atoms with Crippen molar-refractivity contribution in [3.8, 4) is 0 Å². The third-order valence-corrected chi connectivity index (χ3v) is 3.53. The number of rotatable bonds is 5. The molecule has 2 rings (SSSR count). The summed E-state index contributed by atoms with van der Waals surface area (Å²) in [6, 6.07) is 7.93. The normalized spacial score (nSPS) is 20.0. The van der Waals surface area contributed by atoms with Gasteiger partial charge in [0, 0.05) is 15.8 Å². The van der Waals surface area contributed by atoms with E-state index < -0.39 is 24.8 Å². The molecule has 1 fully saturated rings. The summed E-state index contributed by atoms with van der Waals surface area (Å²) in [7, 11) is 0. The van der Waals surface area contributed by atoms with Gasteiger partial charge in [-0.05, 0) is 50.3 Å². The summed E-state index contributed by atoms with van der Waals surface area (Å²) < 4.78 is 37.3. The van der Waals surface area contributed by atoms with Gasteiger partial charge >= 0.3 is 5.97 Å². The van der Waals surface area contributed by atoms with E-state index >= 15 is 0 Å². The van der Waals surface area contributed by atoms with Crippen molar-refractivity contribution in [2.75, 3.05) is 19.6 Å². The predicted octanol–water partition coefficient (Wildman–Crippen LogP) is 3.05. The zero-order chi connectivity index (χ0) is 19.4. The van der Waals surface area contributed by atoms with Crippen LogP contribution in [0.3, 0.4) is 0 Å². The molecule has 0 spiro atoms. The zero-order valence-electron chi connectivity index (χ0n) is 16.6. The molecular weight excluding hydrogens is 278 g/mol. The monoisotopic (exact) mass is 305 g/mol. The largest absolute Gasteiger partial charge is 0.462 e. The van der Waals surface area contributed by atoms with E-state index in [1.807, 2.05) is 0 Å². The lowest BCUT2D eigenvalue weighted by Crippen LogP contribution is -2.37. The van der Waals surface area contributed by atoms with E-state index in [9.17, 15) is 9.59 Å². The highest BCUT2D eigenvalue weighted by Gasteiger charge is 2.21. The smallest absolute Gasteiger partial charge is 0.338 e. The van der Waals surface area contributed by atoms with Gasteiger partial charge in [-0.25, -0.2) is 4.79 Å². The minimum absolute atomic E-state index is 0.134. The molecule has 1 aromatic carbocycles. The fourth-order valence-corrected chi connectivity index (χ4v) is 2.28. The zero-order valence-corrected chi connectivity index (χ0v) is 12.6. The van der Waals surface area contributed by atoms with Crippen molar-refractivity contribution in [2.45, 2.75) is 26.1 Å². The number of amides is 1. The maximum absolute atomic E-state index is 12.1. The fraction of sp³-hybridized carbons (Fsp3) is 0.444. The van der Waals surface area contributed by atoms with Gasteiger partial charge in [0.05, 0.1) is 14.9 Å². The third-order valence-electron chi connectivity index (χ3n) is 3.53. The predicted molar refractivity (Wildman–Crippen MR) is 85.5 cm³/mol. The van der Waals surface area contributed by atoms with Crippen molar-refractivity contribution in [3.05, 3.63) is 48.0 Å². The Balaban J connectivity index is 2.04. The SMILES string of the molecule is [2H]C([2H])(OC(=O)c1ccccc1)C([2H])([2H])C1CCN(C(=O)/C=C/C)CC1.